The first kappa shape index (κ1) is 13.8. The van der Waals surface area contributed by atoms with E-state index in [9.17, 15) is 4.79 Å². The van der Waals surface area contributed by atoms with Gasteiger partial charge in [-0.3, -0.25) is 4.79 Å². The molecular weight excluding hydrogens is 238 g/mol. The molecule has 3 nitrogen and oxygen atoms in total. The summed E-state index contributed by atoms with van der Waals surface area (Å²) in [6.07, 6.45) is 0.980. The van der Waals surface area contributed by atoms with Crippen molar-refractivity contribution in [3.63, 3.8) is 0 Å². The largest absolute Gasteiger partial charge is 0.491 e. The fourth-order valence-electron chi connectivity index (χ4n) is 1.40. The van der Waals surface area contributed by atoms with Gasteiger partial charge in [0, 0.05) is 6.54 Å². The van der Waals surface area contributed by atoms with Crippen LogP contribution in [0.3, 0.4) is 0 Å². The average molecular weight is 256 g/mol. The average Bonchev–Trinajstić information content (AvgIpc) is 2.30. The van der Waals surface area contributed by atoms with Crippen LogP contribution in [0.4, 0.5) is 0 Å². The van der Waals surface area contributed by atoms with Crippen molar-refractivity contribution < 1.29 is 9.53 Å². The molecule has 0 aromatic heterocycles. The number of ether oxygens (including phenoxy) is 1. The Morgan fingerprint density at radius 1 is 1.35 bits per heavy atom. The van der Waals surface area contributed by atoms with Gasteiger partial charge in [-0.05, 0) is 38.0 Å². The van der Waals surface area contributed by atoms with Crippen LogP contribution in [-0.2, 0) is 11.2 Å². The minimum absolute atomic E-state index is 0.0150. The van der Waals surface area contributed by atoms with Crippen LogP contribution in [0, 0.1) is 0 Å². The summed E-state index contributed by atoms with van der Waals surface area (Å²) < 4.78 is 5.54. The molecule has 1 amide bonds. The Labute approximate surface area is 107 Å². The molecule has 4 heteroatoms. The van der Waals surface area contributed by atoms with Crippen molar-refractivity contribution in [2.45, 2.75) is 26.4 Å². The first-order valence-corrected chi connectivity index (χ1v) is 6.23. The minimum Gasteiger partial charge on any atom is -0.491 e. The molecule has 0 aliphatic carbocycles. The maximum Gasteiger partial charge on any atom is 0.234 e. The summed E-state index contributed by atoms with van der Waals surface area (Å²) in [5.41, 5.74) is 1.16. The fraction of sp³-hybridized carbons (Fsp3) is 0.462. The lowest BCUT2D eigenvalue weighted by Crippen LogP contribution is -2.26. The van der Waals surface area contributed by atoms with E-state index in [-0.39, 0.29) is 17.9 Å². The predicted molar refractivity (Wildman–Crippen MR) is 69.6 cm³/mol. The van der Waals surface area contributed by atoms with E-state index < -0.39 is 0 Å². The second-order valence-corrected chi connectivity index (χ2v) is 4.31. The first-order chi connectivity index (χ1) is 8.11. The van der Waals surface area contributed by atoms with Gasteiger partial charge >= 0.3 is 0 Å². The standard InChI is InChI=1S/C13H18ClNO2/c1-10(2)17-12-5-3-11(4-6-12)7-8-15-13(16)9-14/h3-6,10H,7-9H2,1-2H3,(H,15,16). The lowest BCUT2D eigenvalue weighted by molar-refractivity contribution is -0.118. The number of hydrogen-bond donors (Lipinski definition) is 1. The zero-order valence-corrected chi connectivity index (χ0v) is 11.0. The molecule has 0 unspecified atom stereocenters. The van der Waals surface area contributed by atoms with Crippen LogP contribution in [0.2, 0.25) is 0 Å². The number of rotatable bonds is 6. The van der Waals surface area contributed by atoms with Crippen molar-refractivity contribution >= 4 is 17.5 Å². The van der Waals surface area contributed by atoms with E-state index >= 15 is 0 Å². The van der Waals surface area contributed by atoms with Crippen LogP contribution in [0.1, 0.15) is 19.4 Å². The van der Waals surface area contributed by atoms with Crippen LogP contribution < -0.4 is 10.1 Å². The van der Waals surface area contributed by atoms with Crippen molar-refractivity contribution in [3.8, 4) is 5.75 Å². The summed E-state index contributed by atoms with van der Waals surface area (Å²) in [5, 5.41) is 2.73. The molecule has 1 aromatic carbocycles. The third kappa shape index (κ3) is 5.59. The molecule has 0 aliphatic heterocycles. The highest BCUT2D eigenvalue weighted by Crippen LogP contribution is 2.13. The van der Waals surface area contributed by atoms with Crippen LogP contribution in [0.5, 0.6) is 5.75 Å². The molecule has 1 aromatic rings. The molecule has 0 bridgehead atoms. The van der Waals surface area contributed by atoms with Gasteiger partial charge < -0.3 is 10.1 Å². The van der Waals surface area contributed by atoms with Gasteiger partial charge in [0.05, 0.1) is 6.10 Å². The summed E-state index contributed by atoms with van der Waals surface area (Å²) in [6.45, 7) is 4.60. The number of benzene rings is 1. The monoisotopic (exact) mass is 255 g/mol. The molecule has 94 valence electrons. The Morgan fingerprint density at radius 3 is 2.53 bits per heavy atom. The van der Waals surface area contributed by atoms with Crippen molar-refractivity contribution in [1.82, 2.24) is 5.32 Å². The Bertz CT molecular complexity index is 349. The van der Waals surface area contributed by atoms with Gasteiger partial charge in [-0.15, -0.1) is 11.6 Å². The van der Waals surface area contributed by atoms with Gasteiger partial charge in [-0.2, -0.15) is 0 Å². The third-order valence-corrected chi connectivity index (χ3v) is 2.40. The predicted octanol–water partition coefficient (Wildman–Crippen LogP) is 2.37. The smallest absolute Gasteiger partial charge is 0.234 e. The number of amides is 1. The molecule has 0 spiro atoms. The normalized spacial score (nSPS) is 10.4. The maximum absolute atomic E-state index is 10.9. The number of halogens is 1. The lowest BCUT2D eigenvalue weighted by atomic mass is 10.1. The van der Waals surface area contributed by atoms with E-state index in [1.165, 1.54) is 0 Å². The van der Waals surface area contributed by atoms with Gasteiger partial charge in [0.15, 0.2) is 0 Å². The van der Waals surface area contributed by atoms with Gasteiger partial charge in [0.2, 0.25) is 5.91 Å². The summed E-state index contributed by atoms with van der Waals surface area (Å²) in [7, 11) is 0. The zero-order chi connectivity index (χ0) is 12.7. The second kappa shape index (κ2) is 7.17. The molecule has 0 radical (unpaired) electrons. The molecular formula is C13H18ClNO2. The number of carbonyl (C=O) groups excluding carboxylic acids is 1. The maximum atomic E-state index is 10.9. The van der Waals surface area contributed by atoms with E-state index in [0.29, 0.717) is 6.54 Å². The summed E-state index contributed by atoms with van der Waals surface area (Å²) in [5.74, 6) is 0.751. The highest BCUT2D eigenvalue weighted by Gasteiger charge is 2.00. The van der Waals surface area contributed by atoms with Crippen LogP contribution in [-0.4, -0.2) is 24.4 Å². The van der Waals surface area contributed by atoms with Crippen LogP contribution >= 0.6 is 11.6 Å². The Morgan fingerprint density at radius 2 is 2.00 bits per heavy atom. The van der Waals surface area contributed by atoms with Gasteiger partial charge in [0.1, 0.15) is 11.6 Å². The molecule has 0 heterocycles. The number of nitrogens with one attached hydrogen (secondary N) is 1. The van der Waals surface area contributed by atoms with Gasteiger partial charge in [-0.1, -0.05) is 12.1 Å². The molecule has 0 fully saturated rings. The quantitative estimate of drug-likeness (QED) is 0.793. The fourth-order valence-corrected chi connectivity index (χ4v) is 1.49. The number of hydrogen-bond acceptors (Lipinski definition) is 2. The van der Waals surface area contributed by atoms with E-state index in [0.717, 1.165) is 17.7 Å². The minimum atomic E-state index is -0.133. The lowest BCUT2D eigenvalue weighted by Gasteiger charge is -2.10. The second-order valence-electron chi connectivity index (χ2n) is 4.04. The molecule has 0 atom stereocenters. The zero-order valence-electron chi connectivity index (χ0n) is 10.2. The van der Waals surface area contributed by atoms with Crippen molar-refractivity contribution in [2.75, 3.05) is 12.4 Å². The summed E-state index contributed by atoms with van der Waals surface area (Å²) in [4.78, 5) is 10.9. The number of alkyl halides is 1. The highest BCUT2D eigenvalue weighted by molar-refractivity contribution is 6.27. The molecule has 1 N–H and O–H groups in total. The summed E-state index contributed by atoms with van der Waals surface area (Å²) >= 11 is 5.37. The van der Waals surface area contributed by atoms with Crippen molar-refractivity contribution in [3.05, 3.63) is 29.8 Å². The topological polar surface area (TPSA) is 38.3 Å². The van der Waals surface area contributed by atoms with Gasteiger partial charge in [-0.25, -0.2) is 0 Å². The van der Waals surface area contributed by atoms with E-state index in [1.807, 2.05) is 38.1 Å². The third-order valence-electron chi connectivity index (χ3n) is 2.15. The van der Waals surface area contributed by atoms with Gasteiger partial charge in [0.25, 0.3) is 0 Å². The van der Waals surface area contributed by atoms with Crippen molar-refractivity contribution in [2.24, 2.45) is 0 Å². The summed E-state index contributed by atoms with van der Waals surface area (Å²) in [6, 6.07) is 7.90. The Kier molecular flexibility index (Phi) is 5.84. The van der Waals surface area contributed by atoms with E-state index in [2.05, 4.69) is 5.32 Å². The molecule has 1 rings (SSSR count). The Hall–Kier alpha value is -1.22. The highest BCUT2D eigenvalue weighted by atomic mass is 35.5. The van der Waals surface area contributed by atoms with Crippen LogP contribution in [0.15, 0.2) is 24.3 Å². The molecule has 0 saturated carbocycles. The molecule has 0 aliphatic rings. The Balaban J connectivity index is 2.37. The first-order valence-electron chi connectivity index (χ1n) is 5.70. The van der Waals surface area contributed by atoms with E-state index in [4.69, 9.17) is 16.3 Å². The van der Waals surface area contributed by atoms with E-state index in [1.54, 1.807) is 0 Å². The molecule has 0 saturated heterocycles. The SMILES string of the molecule is CC(C)Oc1ccc(CCNC(=O)CCl)cc1. The van der Waals surface area contributed by atoms with Crippen molar-refractivity contribution in [1.29, 1.82) is 0 Å². The number of carbonyl (C=O) groups is 1. The van der Waals surface area contributed by atoms with Crippen LogP contribution in [0.25, 0.3) is 0 Å². The molecule has 17 heavy (non-hydrogen) atoms.